The lowest BCUT2D eigenvalue weighted by molar-refractivity contribution is -0.149. The second-order valence-electron chi connectivity index (χ2n) is 6.34. The summed E-state index contributed by atoms with van der Waals surface area (Å²) in [6, 6.07) is 7.03. The third-order valence-electron chi connectivity index (χ3n) is 4.37. The van der Waals surface area contributed by atoms with Crippen LogP contribution in [0.3, 0.4) is 0 Å². The Balaban J connectivity index is 1.76. The van der Waals surface area contributed by atoms with E-state index in [1.165, 1.54) is 6.92 Å². The Morgan fingerprint density at radius 2 is 1.96 bits per heavy atom. The van der Waals surface area contributed by atoms with Gasteiger partial charge >= 0.3 is 5.97 Å². The van der Waals surface area contributed by atoms with Gasteiger partial charge in [0.15, 0.2) is 5.78 Å². The predicted octanol–water partition coefficient (Wildman–Crippen LogP) is 1.90. The quantitative estimate of drug-likeness (QED) is 0.571. The van der Waals surface area contributed by atoms with Crippen LogP contribution in [0.2, 0.25) is 0 Å². The standard InChI is InChI=1S/C19H27NO5/c1-3-24-19(23)15-8-10-20(11-9-15)12-16(22)13-25-18-7-5-4-6-17(18)14(2)21/h4-7,15-16,22H,3,8-13H2,1-2H3/t16-/m1/s1. The van der Waals surface area contributed by atoms with Gasteiger partial charge in [-0.05, 0) is 51.9 Å². The van der Waals surface area contributed by atoms with Gasteiger partial charge in [0.1, 0.15) is 18.5 Å². The molecular formula is C19H27NO5. The van der Waals surface area contributed by atoms with Crippen molar-refractivity contribution in [3.63, 3.8) is 0 Å². The minimum absolute atomic E-state index is 0.0352. The number of piperidine rings is 1. The van der Waals surface area contributed by atoms with E-state index in [2.05, 4.69) is 4.90 Å². The van der Waals surface area contributed by atoms with Gasteiger partial charge in [0, 0.05) is 6.54 Å². The van der Waals surface area contributed by atoms with Crippen molar-refractivity contribution in [3.05, 3.63) is 29.8 Å². The van der Waals surface area contributed by atoms with Crippen LogP contribution in [-0.2, 0) is 9.53 Å². The minimum Gasteiger partial charge on any atom is -0.490 e. The van der Waals surface area contributed by atoms with Crippen molar-refractivity contribution in [2.24, 2.45) is 5.92 Å². The highest BCUT2D eigenvalue weighted by molar-refractivity contribution is 5.96. The Morgan fingerprint density at radius 3 is 2.60 bits per heavy atom. The van der Waals surface area contributed by atoms with Crippen LogP contribution in [0.5, 0.6) is 5.75 Å². The van der Waals surface area contributed by atoms with Gasteiger partial charge in [-0.3, -0.25) is 9.59 Å². The molecule has 0 aromatic heterocycles. The first-order valence-corrected chi connectivity index (χ1v) is 8.81. The first-order chi connectivity index (χ1) is 12.0. The first-order valence-electron chi connectivity index (χ1n) is 8.81. The maximum Gasteiger partial charge on any atom is 0.309 e. The number of nitrogens with zero attached hydrogens (tertiary/aromatic N) is 1. The fraction of sp³-hybridized carbons (Fsp3) is 0.579. The maximum atomic E-state index is 11.7. The van der Waals surface area contributed by atoms with Crippen molar-refractivity contribution < 1.29 is 24.2 Å². The Labute approximate surface area is 148 Å². The Hall–Kier alpha value is -1.92. The highest BCUT2D eigenvalue weighted by Gasteiger charge is 2.26. The first kappa shape index (κ1) is 19.4. The lowest BCUT2D eigenvalue weighted by Gasteiger charge is -2.32. The van der Waals surface area contributed by atoms with Gasteiger partial charge in [0.2, 0.25) is 0 Å². The highest BCUT2D eigenvalue weighted by Crippen LogP contribution is 2.20. The summed E-state index contributed by atoms with van der Waals surface area (Å²) < 4.78 is 10.7. The molecule has 1 aliphatic rings. The molecule has 6 nitrogen and oxygen atoms in total. The number of rotatable bonds is 8. The molecule has 25 heavy (non-hydrogen) atoms. The van der Waals surface area contributed by atoms with Crippen molar-refractivity contribution in [2.75, 3.05) is 32.8 Å². The number of aliphatic hydroxyl groups excluding tert-OH is 1. The molecule has 0 unspecified atom stereocenters. The van der Waals surface area contributed by atoms with Crippen LogP contribution < -0.4 is 4.74 Å². The fourth-order valence-electron chi connectivity index (χ4n) is 3.03. The molecule has 1 aliphatic heterocycles. The predicted molar refractivity (Wildman–Crippen MR) is 93.7 cm³/mol. The molecule has 0 radical (unpaired) electrons. The molecule has 0 amide bonds. The molecule has 1 atom stereocenters. The molecule has 138 valence electrons. The monoisotopic (exact) mass is 349 g/mol. The van der Waals surface area contributed by atoms with Crippen molar-refractivity contribution in [1.82, 2.24) is 4.90 Å². The van der Waals surface area contributed by atoms with E-state index in [4.69, 9.17) is 9.47 Å². The topological polar surface area (TPSA) is 76.1 Å². The molecule has 0 spiro atoms. The molecule has 6 heteroatoms. The zero-order valence-electron chi connectivity index (χ0n) is 14.9. The molecule has 1 fully saturated rings. The second kappa shape index (κ2) is 9.53. The van der Waals surface area contributed by atoms with E-state index in [0.717, 1.165) is 25.9 Å². The number of ketones is 1. The number of Topliss-reactive ketones (excluding diaryl/α,β-unsaturated/α-hetero) is 1. The number of β-amino-alcohol motifs (C(OH)–C–C–N with tert-alkyl or cyclic N) is 1. The van der Waals surface area contributed by atoms with E-state index in [1.807, 2.05) is 6.92 Å². The smallest absolute Gasteiger partial charge is 0.309 e. The van der Waals surface area contributed by atoms with Gasteiger partial charge in [-0.2, -0.15) is 0 Å². The number of carbonyl (C=O) groups excluding carboxylic acids is 2. The zero-order chi connectivity index (χ0) is 18.2. The average Bonchev–Trinajstić information content (AvgIpc) is 2.61. The lowest BCUT2D eigenvalue weighted by Crippen LogP contribution is -2.42. The van der Waals surface area contributed by atoms with Crippen molar-refractivity contribution in [1.29, 1.82) is 0 Å². The van der Waals surface area contributed by atoms with E-state index in [1.54, 1.807) is 24.3 Å². The number of hydrogen-bond acceptors (Lipinski definition) is 6. The van der Waals surface area contributed by atoms with Gasteiger partial charge < -0.3 is 19.5 Å². The summed E-state index contributed by atoms with van der Waals surface area (Å²) in [5.74, 6) is 0.278. The fourth-order valence-corrected chi connectivity index (χ4v) is 3.03. The summed E-state index contributed by atoms with van der Waals surface area (Å²) in [4.78, 5) is 25.4. The van der Waals surface area contributed by atoms with Crippen LogP contribution in [-0.4, -0.2) is 60.7 Å². The summed E-state index contributed by atoms with van der Waals surface area (Å²) >= 11 is 0. The zero-order valence-corrected chi connectivity index (χ0v) is 14.9. The lowest BCUT2D eigenvalue weighted by atomic mass is 9.97. The Bertz CT molecular complexity index is 581. The normalized spacial score (nSPS) is 17.1. The number of aliphatic hydroxyl groups is 1. The maximum absolute atomic E-state index is 11.7. The Kier molecular flexibility index (Phi) is 7.40. The Morgan fingerprint density at radius 1 is 1.28 bits per heavy atom. The number of benzene rings is 1. The van der Waals surface area contributed by atoms with Crippen LogP contribution in [0.15, 0.2) is 24.3 Å². The molecule has 0 aliphatic carbocycles. The summed E-state index contributed by atoms with van der Waals surface area (Å²) in [5.41, 5.74) is 0.518. The molecule has 0 bridgehead atoms. The largest absolute Gasteiger partial charge is 0.490 e. The van der Waals surface area contributed by atoms with E-state index in [-0.39, 0.29) is 24.3 Å². The van der Waals surface area contributed by atoms with E-state index >= 15 is 0 Å². The van der Waals surface area contributed by atoms with Gasteiger partial charge in [0.25, 0.3) is 0 Å². The number of esters is 1. The molecule has 1 saturated heterocycles. The van der Waals surface area contributed by atoms with E-state index in [9.17, 15) is 14.7 Å². The number of carbonyl (C=O) groups is 2. The summed E-state index contributed by atoms with van der Waals surface area (Å²) in [5, 5.41) is 10.2. The van der Waals surface area contributed by atoms with Gasteiger partial charge in [0.05, 0.1) is 18.1 Å². The van der Waals surface area contributed by atoms with Crippen molar-refractivity contribution >= 4 is 11.8 Å². The molecule has 1 N–H and O–H groups in total. The highest BCUT2D eigenvalue weighted by atomic mass is 16.5. The number of ether oxygens (including phenoxy) is 2. The van der Waals surface area contributed by atoms with Crippen LogP contribution >= 0.6 is 0 Å². The minimum atomic E-state index is -0.654. The van der Waals surface area contributed by atoms with Crippen LogP contribution in [0.1, 0.15) is 37.0 Å². The summed E-state index contributed by atoms with van der Waals surface area (Å²) in [7, 11) is 0. The van der Waals surface area contributed by atoms with Gasteiger partial charge in [-0.25, -0.2) is 0 Å². The van der Waals surface area contributed by atoms with Crippen molar-refractivity contribution in [2.45, 2.75) is 32.8 Å². The van der Waals surface area contributed by atoms with Crippen molar-refractivity contribution in [3.8, 4) is 5.75 Å². The number of likely N-dealkylation sites (tertiary alicyclic amines) is 1. The molecule has 1 heterocycles. The van der Waals surface area contributed by atoms with Crippen LogP contribution in [0, 0.1) is 5.92 Å². The number of hydrogen-bond donors (Lipinski definition) is 1. The molecular weight excluding hydrogens is 322 g/mol. The molecule has 1 aromatic carbocycles. The summed E-state index contributed by atoms with van der Waals surface area (Å²) in [6.07, 6.45) is 0.846. The third-order valence-corrected chi connectivity index (χ3v) is 4.37. The van der Waals surface area contributed by atoms with Gasteiger partial charge in [-0.15, -0.1) is 0 Å². The van der Waals surface area contributed by atoms with Gasteiger partial charge in [-0.1, -0.05) is 12.1 Å². The average molecular weight is 349 g/mol. The van der Waals surface area contributed by atoms with Crippen LogP contribution in [0.25, 0.3) is 0 Å². The molecule has 1 aromatic rings. The van der Waals surface area contributed by atoms with E-state index < -0.39 is 6.10 Å². The third kappa shape index (κ3) is 5.83. The SMILES string of the molecule is CCOC(=O)C1CCN(C[C@@H](O)COc2ccccc2C(C)=O)CC1. The molecule has 0 saturated carbocycles. The van der Waals surface area contributed by atoms with Crippen LogP contribution in [0.4, 0.5) is 0 Å². The summed E-state index contributed by atoms with van der Waals surface area (Å²) in [6.45, 7) is 5.84. The molecule has 2 rings (SSSR count). The van der Waals surface area contributed by atoms with E-state index in [0.29, 0.717) is 24.5 Å². The number of para-hydroxylation sites is 1. The second-order valence-corrected chi connectivity index (χ2v) is 6.34.